The first-order valence-electron chi connectivity index (χ1n) is 6.99. The van der Waals surface area contributed by atoms with E-state index >= 15 is 0 Å². The Morgan fingerprint density at radius 3 is 1.86 bits per heavy atom. The van der Waals surface area contributed by atoms with Crippen molar-refractivity contribution < 1.29 is 13.2 Å². The molecular weight excluding hydrogens is 287 g/mol. The van der Waals surface area contributed by atoms with Gasteiger partial charge in [0.25, 0.3) is 0 Å². The average Bonchev–Trinajstić information content (AvgIpc) is 2.58. The third kappa shape index (κ3) is 5.37. The predicted octanol–water partition coefficient (Wildman–Crippen LogP) is 5.62. The van der Waals surface area contributed by atoms with E-state index in [1.807, 2.05) is 38.1 Å². The Bertz CT molecular complexity index is 557. The Morgan fingerprint density at radius 2 is 1.41 bits per heavy atom. The van der Waals surface area contributed by atoms with Gasteiger partial charge in [0.2, 0.25) is 0 Å². The van der Waals surface area contributed by atoms with Crippen LogP contribution < -0.4 is 5.73 Å². The van der Waals surface area contributed by atoms with Gasteiger partial charge in [-0.25, -0.2) is 0 Å². The molecule has 2 rings (SSSR count). The molecule has 22 heavy (non-hydrogen) atoms. The standard InChI is InChI=1S/C15H11F3.C2H6.CH5N/c1-2-11-5-3-4-6-14(11)12-7-9-13(10-8-12)15(16,17)18;2*1-2/h2-10H,1H2;1-2H3;2H2,1H3. The molecule has 2 aromatic rings. The fraction of sp³-hybridized carbons (Fsp3) is 0.222. The summed E-state index contributed by atoms with van der Waals surface area (Å²) in [6.07, 6.45) is -2.61. The minimum atomic E-state index is -4.30. The van der Waals surface area contributed by atoms with Gasteiger partial charge in [0.1, 0.15) is 0 Å². The van der Waals surface area contributed by atoms with Crippen LogP contribution in [0.3, 0.4) is 0 Å². The predicted molar refractivity (Wildman–Crippen MR) is 88.4 cm³/mol. The van der Waals surface area contributed by atoms with E-state index < -0.39 is 11.7 Å². The first-order valence-corrected chi connectivity index (χ1v) is 6.99. The summed E-state index contributed by atoms with van der Waals surface area (Å²) in [5.74, 6) is 0. The van der Waals surface area contributed by atoms with Crippen LogP contribution in [0.4, 0.5) is 13.2 Å². The van der Waals surface area contributed by atoms with Gasteiger partial charge in [0.05, 0.1) is 5.56 Å². The van der Waals surface area contributed by atoms with Crippen LogP contribution >= 0.6 is 0 Å². The molecule has 0 amide bonds. The maximum Gasteiger partial charge on any atom is 0.416 e. The molecule has 2 aromatic carbocycles. The highest BCUT2D eigenvalue weighted by Crippen LogP contribution is 2.31. The molecule has 0 aliphatic carbocycles. The van der Waals surface area contributed by atoms with Gasteiger partial charge in [-0.1, -0.05) is 62.9 Å². The van der Waals surface area contributed by atoms with Crippen LogP contribution in [0.5, 0.6) is 0 Å². The van der Waals surface area contributed by atoms with E-state index in [1.165, 1.54) is 19.2 Å². The summed E-state index contributed by atoms with van der Waals surface area (Å²) in [6, 6.07) is 12.6. The summed E-state index contributed by atoms with van der Waals surface area (Å²) in [4.78, 5) is 0. The zero-order valence-electron chi connectivity index (χ0n) is 13.1. The van der Waals surface area contributed by atoms with Gasteiger partial charge in [-0.3, -0.25) is 0 Å². The van der Waals surface area contributed by atoms with Gasteiger partial charge in [-0.15, -0.1) is 0 Å². The largest absolute Gasteiger partial charge is 0.416 e. The van der Waals surface area contributed by atoms with Gasteiger partial charge >= 0.3 is 6.18 Å². The number of hydrogen-bond acceptors (Lipinski definition) is 1. The van der Waals surface area contributed by atoms with Crippen LogP contribution in [0.2, 0.25) is 0 Å². The third-order valence-corrected chi connectivity index (χ3v) is 2.70. The molecule has 0 radical (unpaired) electrons. The van der Waals surface area contributed by atoms with Crippen molar-refractivity contribution in [2.45, 2.75) is 20.0 Å². The van der Waals surface area contributed by atoms with Crippen molar-refractivity contribution in [2.75, 3.05) is 7.05 Å². The lowest BCUT2D eigenvalue weighted by atomic mass is 9.99. The van der Waals surface area contributed by atoms with Crippen LogP contribution in [0, 0.1) is 0 Å². The minimum Gasteiger partial charge on any atom is -0.333 e. The van der Waals surface area contributed by atoms with Crippen molar-refractivity contribution in [1.29, 1.82) is 0 Å². The zero-order valence-corrected chi connectivity index (χ0v) is 13.1. The maximum absolute atomic E-state index is 12.5. The van der Waals surface area contributed by atoms with Gasteiger partial charge in [0, 0.05) is 0 Å². The number of halogens is 3. The number of nitrogens with two attached hydrogens (primary N) is 1. The number of benzene rings is 2. The van der Waals surface area contributed by atoms with Gasteiger partial charge in [0.15, 0.2) is 0 Å². The van der Waals surface area contributed by atoms with Gasteiger partial charge in [-0.05, 0) is 35.9 Å². The normalized spacial score (nSPS) is 9.77. The van der Waals surface area contributed by atoms with Crippen molar-refractivity contribution >= 4 is 6.08 Å². The lowest BCUT2D eigenvalue weighted by Crippen LogP contribution is -2.04. The van der Waals surface area contributed by atoms with Crippen LogP contribution in [-0.2, 0) is 6.18 Å². The Morgan fingerprint density at radius 1 is 0.909 bits per heavy atom. The lowest BCUT2D eigenvalue weighted by Gasteiger charge is -2.09. The Hall–Kier alpha value is -2.07. The number of hydrogen-bond donors (Lipinski definition) is 1. The van der Waals surface area contributed by atoms with Crippen molar-refractivity contribution in [3.63, 3.8) is 0 Å². The smallest absolute Gasteiger partial charge is 0.333 e. The molecule has 0 spiro atoms. The molecule has 0 fully saturated rings. The lowest BCUT2D eigenvalue weighted by molar-refractivity contribution is -0.137. The minimum absolute atomic E-state index is 0.637. The topological polar surface area (TPSA) is 26.0 Å². The second kappa shape index (κ2) is 9.79. The fourth-order valence-corrected chi connectivity index (χ4v) is 1.78. The third-order valence-electron chi connectivity index (χ3n) is 2.70. The molecule has 0 unspecified atom stereocenters. The quantitative estimate of drug-likeness (QED) is 0.766. The van der Waals surface area contributed by atoms with E-state index in [0.717, 1.165) is 28.8 Å². The van der Waals surface area contributed by atoms with Gasteiger partial charge in [-0.2, -0.15) is 13.2 Å². The summed E-state index contributed by atoms with van der Waals surface area (Å²) in [6.45, 7) is 7.69. The van der Waals surface area contributed by atoms with Crippen LogP contribution in [0.15, 0.2) is 55.1 Å². The molecule has 1 nitrogen and oxygen atoms in total. The highest BCUT2D eigenvalue weighted by molar-refractivity contribution is 5.74. The second-order valence-electron chi connectivity index (χ2n) is 3.87. The SMILES string of the molecule is C=Cc1ccccc1-c1ccc(C(F)(F)F)cc1.CC.CN. The Labute approximate surface area is 130 Å². The summed E-state index contributed by atoms with van der Waals surface area (Å²) >= 11 is 0. The number of alkyl halides is 3. The molecule has 0 aromatic heterocycles. The van der Waals surface area contributed by atoms with E-state index in [4.69, 9.17) is 0 Å². The molecular formula is C18H22F3N. The van der Waals surface area contributed by atoms with E-state index in [9.17, 15) is 13.2 Å². The monoisotopic (exact) mass is 309 g/mol. The summed E-state index contributed by atoms with van der Waals surface area (Å²) in [7, 11) is 1.50. The van der Waals surface area contributed by atoms with Crippen molar-refractivity contribution in [2.24, 2.45) is 5.73 Å². The molecule has 0 heterocycles. The molecule has 2 N–H and O–H groups in total. The highest BCUT2D eigenvalue weighted by Gasteiger charge is 2.29. The first-order chi connectivity index (χ1) is 10.5. The maximum atomic E-state index is 12.5. The molecule has 0 saturated heterocycles. The van der Waals surface area contributed by atoms with Crippen molar-refractivity contribution in [3.8, 4) is 11.1 Å². The molecule has 0 aliphatic heterocycles. The van der Waals surface area contributed by atoms with Crippen molar-refractivity contribution in [3.05, 3.63) is 66.2 Å². The fourth-order valence-electron chi connectivity index (χ4n) is 1.78. The summed E-state index contributed by atoms with van der Waals surface area (Å²) in [5, 5.41) is 0. The van der Waals surface area contributed by atoms with E-state index in [-0.39, 0.29) is 0 Å². The summed E-state index contributed by atoms with van der Waals surface area (Å²) in [5.41, 5.74) is 6.39. The van der Waals surface area contributed by atoms with E-state index in [1.54, 1.807) is 6.08 Å². The summed E-state index contributed by atoms with van der Waals surface area (Å²) < 4.78 is 37.4. The van der Waals surface area contributed by atoms with Crippen LogP contribution in [-0.4, -0.2) is 7.05 Å². The van der Waals surface area contributed by atoms with Crippen LogP contribution in [0.25, 0.3) is 17.2 Å². The Balaban J connectivity index is 0.00000102. The van der Waals surface area contributed by atoms with Gasteiger partial charge < -0.3 is 5.73 Å². The van der Waals surface area contributed by atoms with E-state index in [2.05, 4.69) is 12.3 Å². The number of rotatable bonds is 2. The average molecular weight is 309 g/mol. The molecule has 0 atom stereocenters. The highest BCUT2D eigenvalue weighted by atomic mass is 19.4. The Kier molecular flexibility index (Phi) is 8.87. The molecule has 0 bridgehead atoms. The molecule has 0 saturated carbocycles. The molecule has 0 aliphatic rings. The zero-order chi connectivity index (χ0) is 17.2. The van der Waals surface area contributed by atoms with E-state index in [0.29, 0.717) is 0 Å². The van der Waals surface area contributed by atoms with Crippen molar-refractivity contribution in [1.82, 2.24) is 0 Å². The second-order valence-corrected chi connectivity index (χ2v) is 3.87. The first kappa shape index (κ1) is 19.9. The molecule has 120 valence electrons. The van der Waals surface area contributed by atoms with Crippen LogP contribution in [0.1, 0.15) is 25.0 Å². The molecule has 4 heteroatoms.